The molecule has 2 amide bonds. The number of unbranched alkanes of at least 4 members (excludes halogenated alkanes) is 2. The molecule has 0 aliphatic carbocycles. The number of hydroxylamine groups is 1. The van der Waals surface area contributed by atoms with Crippen LogP contribution in [-0.4, -0.2) is 39.0 Å². The lowest BCUT2D eigenvalue weighted by Gasteiger charge is -2.36. The monoisotopic (exact) mass is 565 g/mol. The van der Waals surface area contributed by atoms with E-state index in [9.17, 15) is 14.7 Å². The smallest absolute Gasteiger partial charge is 0.243 e. The second kappa shape index (κ2) is 15.5. The van der Waals surface area contributed by atoms with E-state index in [4.69, 9.17) is 14.7 Å². The third-order valence-electron chi connectivity index (χ3n) is 6.57. The minimum Gasteiger partial charge on any atom is -0.392 e. The molecule has 9 nitrogen and oxygen atoms in total. The fourth-order valence-corrected chi connectivity index (χ4v) is 5.27. The Kier molecular flexibility index (Phi) is 11.5. The topological polar surface area (TPSA) is 130 Å². The molecule has 3 aromatic rings. The molecule has 0 radical (unpaired) electrons. The number of carbonyl (C=O) groups excluding carboxylic acids is 2. The Labute approximate surface area is 238 Å². The first-order valence-corrected chi connectivity index (χ1v) is 14.4. The van der Waals surface area contributed by atoms with Crippen molar-refractivity contribution in [2.24, 2.45) is 0 Å². The number of benzene rings is 2. The van der Waals surface area contributed by atoms with Crippen molar-refractivity contribution in [3.8, 4) is 0 Å². The summed E-state index contributed by atoms with van der Waals surface area (Å²) in [7, 11) is 0. The third-order valence-corrected chi connectivity index (χ3v) is 7.64. The van der Waals surface area contributed by atoms with Gasteiger partial charge in [-0.25, -0.2) is 10.5 Å². The van der Waals surface area contributed by atoms with E-state index in [-0.39, 0.29) is 31.1 Å². The molecule has 2 heterocycles. The van der Waals surface area contributed by atoms with Gasteiger partial charge in [-0.15, -0.1) is 11.8 Å². The molecule has 0 spiro atoms. The van der Waals surface area contributed by atoms with Crippen LogP contribution in [0.1, 0.15) is 67.6 Å². The summed E-state index contributed by atoms with van der Waals surface area (Å²) in [6.45, 7) is -0.00683. The summed E-state index contributed by atoms with van der Waals surface area (Å²) < 4.78 is 12.8. The van der Waals surface area contributed by atoms with Gasteiger partial charge in [-0.3, -0.25) is 14.8 Å². The summed E-state index contributed by atoms with van der Waals surface area (Å²) in [6.07, 6.45) is 4.22. The highest BCUT2D eigenvalue weighted by molar-refractivity contribution is 7.99. The summed E-state index contributed by atoms with van der Waals surface area (Å²) in [5, 5.41) is 21.8. The number of anilines is 1. The van der Waals surface area contributed by atoms with Crippen molar-refractivity contribution in [1.29, 1.82) is 0 Å². The van der Waals surface area contributed by atoms with Gasteiger partial charge in [0.1, 0.15) is 0 Å². The molecule has 1 fully saturated rings. The van der Waals surface area contributed by atoms with Gasteiger partial charge in [-0.1, -0.05) is 48.9 Å². The number of hydrogen-bond acceptors (Lipinski definition) is 8. The maximum atomic E-state index is 12.3. The normalized spacial score (nSPS) is 18.7. The van der Waals surface area contributed by atoms with Crippen molar-refractivity contribution in [3.05, 3.63) is 89.6 Å². The highest BCUT2D eigenvalue weighted by Gasteiger charge is 2.32. The standard InChI is InChI=1S/C30H35N3O6S/c34-19-21-9-11-22(12-10-21)26-18-25(20-40-29-8-4-5-17-31-29)38-30(39-26)23-13-15-24(16-14-23)32-27(35)6-2-1-3-7-28(36)33-37/h4-5,8-17,25-26,30,34,37H,1-3,6-7,18-20H2,(H,32,35)(H,33,36)/t25-,26+,30+/m0/s1. The van der Waals surface area contributed by atoms with Crippen LogP contribution < -0.4 is 10.8 Å². The van der Waals surface area contributed by atoms with Crippen molar-refractivity contribution < 1.29 is 29.4 Å². The van der Waals surface area contributed by atoms with Gasteiger partial charge in [0.25, 0.3) is 0 Å². The number of thioether (sulfide) groups is 1. The summed E-state index contributed by atoms with van der Waals surface area (Å²) >= 11 is 1.65. The molecule has 0 bridgehead atoms. The fourth-order valence-electron chi connectivity index (χ4n) is 4.38. The summed E-state index contributed by atoms with van der Waals surface area (Å²) in [6, 6.07) is 21.1. The van der Waals surface area contributed by atoms with E-state index in [1.165, 1.54) is 0 Å². The molecule has 2 aromatic carbocycles. The van der Waals surface area contributed by atoms with Gasteiger partial charge in [0.15, 0.2) is 6.29 Å². The van der Waals surface area contributed by atoms with Crippen LogP contribution in [0.2, 0.25) is 0 Å². The number of hydrogen-bond donors (Lipinski definition) is 4. The third kappa shape index (κ3) is 9.14. The van der Waals surface area contributed by atoms with Crippen LogP contribution in [0.15, 0.2) is 78.0 Å². The Morgan fingerprint density at radius 2 is 1.62 bits per heavy atom. The van der Waals surface area contributed by atoms with Crippen molar-refractivity contribution in [2.75, 3.05) is 11.1 Å². The highest BCUT2D eigenvalue weighted by Crippen LogP contribution is 2.39. The van der Waals surface area contributed by atoms with Crippen molar-refractivity contribution in [3.63, 3.8) is 0 Å². The second-order valence-corrected chi connectivity index (χ2v) is 10.6. The zero-order valence-electron chi connectivity index (χ0n) is 22.2. The quantitative estimate of drug-likeness (QED) is 0.0950. The average Bonchev–Trinajstić information content (AvgIpc) is 3.00. The number of nitrogens with zero attached hydrogens (tertiary/aromatic N) is 1. The molecule has 212 valence electrons. The van der Waals surface area contributed by atoms with Crippen molar-refractivity contribution in [2.45, 2.75) is 68.7 Å². The number of pyridine rings is 1. The maximum absolute atomic E-state index is 12.3. The maximum Gasteiger partial charge on any atom is 0.243 e. The van der Waals surface area contributed by atoms with Crippen LogP contribution in [0.5, 0.6) is 0 Å². The molecule has 1 aliphatic heterocycles. The molecule has 1 aromatic heterocycles. The Balaban J connectivity index is 1.36. The molecular formula is C30H35N3O6S. The molecule has 1 saturated heterocycles. The molecule has 1 aliphatic rings. The Morgan fingerprint density at radius 1 is 0.900 bits per heavy atom. The zero-order chi connectivity index (χ0) is 28.2. The second-order valence-electron chi connectivity index (χ2n) is 9.59. The van der Waals surface area contributed by atoms with Crippen molar-refractivity contribution >= 4 is 29.3 Å². The van der Waals surface area contributed by atoms with E-state index in [2.05, 4.69) is 10.3 Å². The first-order chi connectivity index (χ1) is 19.5. The minimum atomic E-state index is -0.577. The number of amides is 2. The van der Waals surface area contributed by atoms with Gasteiger partial charge in [-0.05, 0) is 48.2 Å². The number of ether oxygens (including phenoxy) is 2. The molecular weight excluding hydrogens is 530 g/mol. The van der Waals surface area contributed by atoms with E-state index >= 15 is 0 Å². The lowest BCUT2D eigenvalue weighted by Crippen LogP contribution is -2.31. The van der Waals surface area contributed by atoms with Gasteiger partial charge in [0, 0.05) is 42.5 Å². The van der Waals surface area contributed by atoms with Crippen LogP contribution >= 0.6 is 11.8 Å². The Bertz CT molecular complexity index is 1210. The number of aromatic nitrogens is 1. The molecule has 40 heavy (non-hydrogen) atoms. The first kappa shape index (κ1) is 29.7. The molecule has 0 unspecified atom stereocenters. The summed E-state index contributed by atoms with van der Waals surface area (Å²) in [5.74, 6) is 0.211. The Hall–Kier alpha value is -3.28. The number of aliphatic hydroxyl groups is 1. The predicted octanol–water partition coefficient (Wildman–Crippen LogP) is 5.31. The zero-order valence-corrected chi connectivity index (χ0v) is 23.0. The average molecular weight is 566 g/mol. The molecule has 0 saturated carbocycles. The van der Waals surface area contributed by atoms with E-state index in [0.29, 0.717) is 31.4 Å². The lowest BCUT2D eigenvalue weighted by molar-refractivity contribution is -0.245. The largest absolute Gasteiger partial charge is 0.392 e. The fraction of sp³-hybridized carbons (Fsp3) is 0.367. The number of rotatable bonds is 13. The molecule has 4 N–H and O–H groups in total. The van der Waals surface area contributed by atoms with Crippen LogP contribution in [0, 0.1) is 0 Å². The van der Waals surface area contributed by atoms with Crippen molar-refractivity contribution in [1.82, 2.24) is 10.5 Å². The minimum absolute atomic E-state index is 0.00683. The molecule has 10 heteroatoms. The van der Waals surface area contributed by atoms with Gasteiger partial charge >= 0.3 is 0 Å². The van der Waals surface area contributed by atoms with E-state index in [0.717, 1.165) is 33.9 Å². The summed E-state index contributed by atoms with van der Waals surface area (Å²) in [4.78, 5) is 27.8. The van der Waals surface area contributed by atoms with Gasteiger partial charge in [-0.2, -0.15) is 0 Å². The van der Waals surface area contributed by atoms with Crippen LogP contribution in [-0.2, 0) is 25.7 Å². The van der Waals surface area contributed by atoms with Gasteiger partial charge in [0.2, 0.25) is 11.8 Å². The highest BCUT2D eigenvalue weighted by atomic mass is 32.2. The summed E-state index contributed by atoms with van der Waals surface area (Å²) in [5.41, 5.74) is 5.02. The van der Waals surface area contributed by atoms with Gasteiger partial charge in [0.05, 0.1) is 23.8 Å². The van der Waals surface area contributed by atoms with E-state index < -0.39 is 12.2 Å². The van der Waals surface area contributed by atoms with Gasteiger partial charge < -0.3 is 19.9 Å². The van der Waals surface area contributed by atoms with Crippen LogP contribution in [0.4, 0.5) is 5.69 Å². The number of aliphatic hydroxyl groups excluding tert-OH is 1. The molecule has 4 rings (SSSR count). The lowest BCUT2D eigenvalue weighted by atomic mass is 10.0. The van der Waals surface area contributed by atoms with Crippen LogP contribution in [0.3, 0.4) is 0 Å². The van der Waals surface area contributed by atoms with Crippen LogP contribution in [0.25, 0.3) is 0 Å². The molecule has 3 atom stereocenters. The van der Waals surface area contributed by atoms with E-state index in [1.54, 1.807) is 23.4 Å². The SMILES string of the molecule is O=C(CCCCCC(=O)Nc1ccc([C@@H]2O[C@H](CSc3ccccn3)C[C@H](c3ccc(CO)cc3)O2)cc1)NO. The predicted molar refractivity (Wildman–Crippen MR) is 151 cm³/mol. The number of carbonyl (C=O) groups is 2. The number of nitrogens with one attached hydrogen (secondary N) is 2. The Morgan fingerprint density at radius 3 is 2.30 bits per heavy atom. The van der Waals surface area contributed by atoms with E-state index in [1.807, 2.05) is 66.7 Å². The first-order valence-electron chi connectivity index (χ1n) is 13.4.